The molecule has 0 saturated carbocycles. The molecular weight excluding hydrogens is 236 g/mol. The van der Waals surface area contributed by atoms with Crippen molar-refractivity contribution >= 4 is 5.91 Å². The summed E-state index contributed by atoms with van der Waals surface area (Å²) in [5, 5.41) is 2.96. The second kappa shape index (κ2) is 7.41. The van der Waals surface area contributed by atoms with Crippen molar-refractivity contribution < 1.29 is 4.79 Å². The summed E-state index contributed by atoms with van der Waals surface area (Å²) in [7, 11) is 0. The molecular formula is C16H20N2O. The lowest BCUT2D eigenvalue weighted by Gasteiger charge is -2.06. The molecule has 0 saturated heterocycles. The lowest BCUT2D eigenvalue weighted by Crippen LogP contribution is -2.25. The van der Waals surface area contributed by atoms with E-state index in [1.54, 1.807) is 0 Å². The van der Waals surface area contributed by atoms with Crippen LogP contribution >= 0.6 is 0 Å². The number of aryl methyl sites for hydroxylation is 2. The largest absolute Gasteiger partial charge is 0.356 e. The minimum Gasteiger partial charge on any atom is -0.356 e. The van der Waals surface area contributed by atoms with Crippen molar-refractivity contribution in [1.82, 2.24) is 9.88 Å². The van der Waals surface area contributed by atoms with E-state index in [-0.39, 0.29) is 5.91 Å². The van der Waals surface area contributed by atoms with Crippen LogP contribution in [0.25, 0.3) is 0 Å². The zero-order valence-corrected chi connectivity index (χ0v) is 11.1. The number of hydrogen-bond donors (Lipinski definition) is 1. The molecule has 2 rings (SSSR count). The van der Waals surface area contributed by atoms with Gasteiger partial charge in [-0.15, -0.1) is 0 Å². The highest BCUT2D eigenvalue weighted by molar-refractivity contribution is 5.75. The van der Waals surface area contributed by atoms with Crippen molar-refractivity contribution in [3.8, 4) is 0 Å². The highest BCUT2D eigenvalue weighted by Gasteiger charge is 2.00. The summed E-state index contributed by atoms with van der Waals surface area (Å²) < 4.78 is 2.02. The number of carbonyl (C=O) groups is 1. The van der Waals surface area contributed by atoms with E-state index in [0.29, 0.717) is 6.42 Å². The molecule has 1 heterocycles. The minimum atomic E-state index is 0.127. The quantitative estimate of drug-likeness (QED) is 0.759. The number of amides is 1. The van der Waals surface area contributed by atoms with E-state index in [1.807, 2.05) is 47.3 Å². The zero-order valence-electron chi connectivity index (χ0n) is 11.1. The third kappa shape index (κ3) is 5.00. The van der Waals surface area contributed by atoms with Gasteiger partial charge in [-0.3, -0.25) is 4.79 Å². The van der Waals surface area contributed by atoms with Crippen molar-refractivity contribution in [3.63, 3.8) is 0 Å². The minimum absolute atomic E-state index is 0.127. The fraction of sp³-hybridized carbons (Fsp3) is 0.312. The topological polar surface area (TPSA) is 34.0 Å². The maximum absolute atomic E-state index is 11.6. The van der Waals surface area contributed by atoms with Gasteiger partial charge >= 0.3 is 0 Å². The van der Waals surface area contributed by atoms with Crippen LogP contribution in [0.2, 0.25) is 0 Å². The third-order valence-corrected chi connectivity index (χ3v) is 3.07. The van der Waals surface area contributed by atoms with Gasteiger partial charge in [0.1, 0.15) is 0 Å². The molecule has 1 amide bonds. The fourth-order valence-corrected chi connectivity index (χ4v) is 2.00. The van der Waals surface area contributed by atoms with Gasteiger partial charge in [0, 0.05) is 31.9 Å². The van der Waals surface area contributed by atoms with Gasteiger partial charge in [0.15, 0.2) is 0 Å². The average molecular weight is 256 g/mol. The Morgan fingerprint density at radius 3 is 2.53 bits per heavy atom. The van der Waals surface area contributed by atoms with Gasteiger partial charge in [0.2, 0.25) is 5.91 Å². The van der Waals surface area contributed by atoms with Crippen LogP contribution in [0.5, 0.6) is 0 Å². The number of aromatic nitrogens is 1. The van der Waals surface area contributed by atoms with Crippen LogP contribution in [0.4, 0.5) is 0 Å². The summed E-state index contributed by atoms with van der Waals surface area (Å²) in [4.78, 5) is 11.6. The number of rotatable bonds is 7. The number of hydrogen-bond acceptors (Lipinski definition) is 1. The molecule has 100 valence electrons. The Bertz CT molecular complexity index is 477. The van der Waals surface area contributed by atoms with Crippen LogP contribution in [0.1, 0.15) is 18.4 Å². The average Bonchev–Trinajstić information content (AvgIpc) is 2.96. The summed E-state index contributed by atoms with van der Waals surface area (Å²) in [5.74, 6) is 0.127. The summed E-state index contributed by atoms with van der Waals surface area (Å²) in [5.41, 5.74) is 1.32. The van der Waals surface area contributed by atoms with Crippen LogP contribution in [-0.2, 0) is 17.8 Å². The van der Waals surface area contributed by atoms with E-state index >= 15 is 0 Å². The first kappa shape index (κ1) is 13.4. The first-order valence-corrected chi connectivity index (χ1v) is 6.76. The van der Waals surface area contributed by atoms with Gasteiger partial charge in [-0.2, -0.15) is 0 Å². The predicted octanol–water partition coefficient (Wildman–Crippen LogP) is 2.63. The van der Waals surface area contributed by atoms with Gasteiger partial charge in [-0.05, 0) is 30.5 Å². The molecule has 1 aromatic carbocycles. The van der Waals surface area contributed by atoms with Crippen molar-refractivity contribution in [2.24, 2.45) is 0 Å². The molecule has 0 fully saturated rings. The van der Waals surface area contributed by atoms with Gasteiger partial charge in [0.05, 0.1) is 0 Å². The van der Waals surface area contributed by atoms with E-state index in [9.17, 15) is 4.79 Å². The van der Waals surface area contributed by atoms with Crippen molar-refractivity contribution in [1.29, 1.82) is 0 Å². The smallest absolute Gasteiger partial charge is 0.221 e. The first-order valence-electron chi connectivity index (χ1n) is 6.76. The van der Waals surface area contributed by atoms with E-state index in [2.05, 4.69) is 17.4 Å². The Hall–Kier alpha value is -2.03. The monoisotopic (exact) mass is 256 g/mol. The number of carbonyl (C=O) groups excluding carboxylic acids is 1. The Kier molecular flexibility index (Phi) is 5.23. The molecule has 0 atom stereocenters. The molecule has 0 aliphatic heterocycles. The SMILES string of the molecule is O=C(CCn1cccc1)NCCCc1ccccc1. The summed E-state index contributed by atoms with van der Waals surface area (Å²) >= 11 is 0. The molecule has 0 radical (unpaired) electrons. The van der Waals surface area contributed by atoms with Gasteiger partial charge in [0.25, 0.3) is 0 Å². The second-order valence-corrected chi connectivity index (χ2v) is 4.61. The maximum Gasteiger partial charge on any atom is 0.221 e. The summed E-state index contributed by atoms with van der Waals surface area (Å²) in [6, 6.07) is 14.3. The number of benzene rings is 1. The molecule has 0 aliphatic rings. The molecule has 0 bridgehead atoms. The number of nitrogens with one attached hydrogen (secondary N) is 1. The van der Waals surface area contributed by atoms with Crippen molar-refractivity contribution in [2.45, 2.75) is 25.8 Å². The molecule has 19 heavy (non-hydrogen) atoms. The summed E-state index contributed by atoms with van der Waals surface area (Å²) in [6.45, 7) is 1.50. The lowest BCUT2D eigenvalue weighted by molar-refractivity contribution is -0.121. The third-order valence-electron chi connectivity index (χ3n) is 3.07. The molecule has 0 aliphatic carbocycles. The van der Waals surface area contributed by atoms with Crippen LogP contribution in [0.15, 0.2) is 54.9 Å². The molecule has 1 aromatic heterocycles. The van der Waals surface area contributed by atoms with Crippen LogP contribution in [0, 0.1) is 0 Å². The standard InChI is InChI=1S/C16H20N2O/c19-16(10-14-18-12-4-5-13-18)17-11-6-9-15-7-2-1-3-8-15/h1-5,7-8,12-13H,6,9-11,14H2,(H,17,19). The van der Waals surface area contributed by atoms with E-state index in [4.69, 9.17) is 0 Å². The highest BCUT2D eigenvalue weighted by Crippen LogP contribution is 2.01. The van der Waals surface area contributed by atoms with E-state index in [0.717, 1.165) is 25.9 Å². The van der Waals surface area contributed by atoms with Crippen molar-refractivity contribution in [3.05, 3.63) is 60.4 Å². The second-order valence-electron chi connectivity index (χ2n) is 4.61. The zero-order chi connectivity index (χ0) is 13.3. The first-order chi connectivity index (χ1) is 9.34. The molecule has 0 spiro atoms. The van der Waals surface area contributed by atoms with Crippen LogP contribution in [-0.4, -0.2) is 17.0 Å². The van der Waals surface area contributed by atoms with Gasteiger partial charge < -0.3 is 9.88 Å². The molecule has 3 heteroatoms. The summed E-state index contributed by atoms with van der Waals surface area (Å²) in [6.07, 6.45) is 6.49. The normalized spacial score (nSPS) is 10.3. The molecule has 0 unspecified atom stereocenters. The van der Waals surface area contributed by atoms with Crippen LogP contribution in [0.3, 0.4) is 0 Å². The molecule has 1 N–H and O–H groups in total. The maximum atomic E-state index is 11.6. The molecule has 2 aromatic rings. The van der Waals surface area contributed by atoms with Gasteiger partial charge in [-0.1, -0.05) is 30.3 Å². The number of nitrogens with zero attached hydrogens (tertiary/aromatic N) is 1. The van der Waals surface area contributed by atoms with Gasteiger partial charge in [-0.25, -0.2) is 0 Å². The van der Waals surface area contributed by atoms with Crippen LogP contribution < -0.4 is 5.32 Å². The Labute approximate surface area is 114 Å². The van der Waals surface area contributed by atoms with Crippen molar-refractivity contribution in [2.75, 3.05) is 6.54 Å². The highest BCUT2D eigenvalue weighted by atomic mass is 16.1. The Morgan fingerprint density at radius 1 is 1.05 bits per heavy atom. The molecule has 3 nitrogen and oxygen atoms in total. The Balaban J connectivity index is 1.57. The Morgan fingerprint density at radius 2 is 1.79 bits per heavy atom. The van der Waals surface area contributed by atoms with E-state index in [1.165, 1.54) is 5.56 Å². The predicted molar refractivity (Wildman–Crippen MR) is 76.8 cm³/mol. The lowest BCUT2D eigenvalue weighted by atomic mass is 10.1. The fourth-order valence-electron chi connectivity index (χ4n) is 2.00. The van der Waals surface area contributed by atoms with E-state index < -0.39 is 0 Å².